The Kier molecular flexibility index (Phi) is 29.2. The van der Waals surface area contributed by atoms with Crippen molar-refractivity contribution in [2.45, 2.75) is 142 Å². The van der Waals surface area contributed by atoms with E-state index in [0.29, 0.717) is 17.4 Å². The molecule has 2 unspecified atom stereocenters. The Morgan fingerprint density at radius 3 is 1.81 bits per heavy atom. The highest BCUT2D eigenvalue weighted by Crippen LogP contribution is 2.38. The van der Waals surface area contributed by atoms with Crippen LogP contribution >= 0.6 is 7.82 Å². The van der Waals surface area contributed by atoms with Gasteiger partial charge in [0.05, 0.1) is 27.7 Å². The molecule has 2 atom stereocenters. The summed E-state index contributed by atoms with van der Waals surface area (Å²) in [6, 6.07) is 0. The second kappa shape index (κ2) is 30.3. The molecule has 9 nitrogen and oxygen atoms in total. The molecule has 0 aliphatic carbocycles. The van der Waals surface area contributed by atoms with Crippen molar-refractivity contribution < 1.29 is 42.1 Å². The van der Waals surface area contributed by atoms with Gasteiger partial charge in [-0.2, -0.15) is 0 Å². The van der Waals surface area contributed by atoms with Crippen LogP contribution in [0.1, 0.15) is 136 Å². The maximum absolute atomic E-state index is 12.6. The zero-order valence-corrected chi connectivity index (χ0v) is 31.4. The summed E-state index contributed by atoms with van der Waals surface area (Å²) in [6.07, 6.45) is 30.4. The first-order valence-corrected chi connectivity index (χ1v) is 19.7. The number of quaternary nitrogens is 1. The van der Waals surface area contributed by atoms with E-state index >= 15 is 0 Å². The quantitative estimate of drug-likeness (QED) is 0.0227. The minimum atomic E-state index is -4.61. The SMILES string of the molecule is CC/C=C\C/C=C\C/C=C\CCCCCCCC(=O)OC(COC(=O)CCCCCCCCCC)COP(=O)([O-])OCC[N+](C)(C)C. The van der Waals surface area contributed by atoms with Gasteiger partial charge in [-0.1, -0.05) is 115 Å². The Bertz CT molecular complexity index is 913. The third-order valence-electron chi connectivity index (χ3n) is 7.42. The first-order chi connectivity index (χ1) is 22.5. The van der Waals surface area contributed by atoms with Crippen LogP contribution in [-0.2, 0) is 32.7 Å². The lowest BCUT2D eigenvalue weighted by Gasteiger charge is -2.28. The number of carbonyl (C=O) groups is 2. The molecule has 0 radical (unpaired) electrons. The molecular formula is C37H68NO8P. The van der Waals surface area contributed by atoms with Crippen LogP contribution in [0.15, 0.2) is 36.5 Å². The molecule has 274 valence electrons. The van der Waals surface area contributed by atoms with Crippen LogP contribution in [0.3, 0.4) is 0 Å². The van der Waals surface area contributed by atoms with E-state index < -0.39 is 32.5 Å². The zero-order chi connectivity index (χ0) is 35.1. The third kappa shape index (κ3) is 33.9. The first kappa shape index (κ1) is 45.2. The number of ether oxygens (including phenoxy) is 2. The average molecular weight is 686 g/mol. The van der Waals surface area contributed by atoms with Gasteiger partial charge in [0, 0.05) is 12.8 Å². The zero-order valence-electron chi connectivity index (χ0n) is 30.5. The Morgan fingerprint density at radius 1 is 0.681 bits per heavy atom. The van der Waals surface area contributed by atoms with Crippen LogP contribution in [-0.4, -0.2) is 70.0 Å². The van der Waals surface area contributed by atoms with Gasteiger partial charge >= 0.3 is 11.9 Å². The maximum atomic E-state index is 12.6. The second-order valence-electron chi connectivity index (χ2n) is 13.2. The van der Waals surface area contributed by atoms with E-state index in [1.807, 2.05) is 21.1 Å². The number of rotatable bonds is 32. The number of nitrogens with zero attached hydrogens (tertiary/aromatic N) is 1. The van der Waals surface area contributed by atoms with Crippen molar-refractivity contribution in [3.8, 4) is 0 Å². The van der Waals surface area contributed by atoms with E-state index in [9.17, 15) is 19.0 Å². The Hall–Kier alpha value is -1.77. The monoisotopic (exact) mass is 685 g/mol. The van der Waals surface area contributed by atoms with Gasteiger partial charge in [0.2, 0.25) is 0 Å². The normalized spacial score (nSPS) is 14.3. The fourth-order valence-electron chi connectivity index (χ4n) is 4.55. The highest BCUT2D eigenvalue weighted by atomic mass is 31.2. The van der Waals surface area contributed by atoms with Crippen molar-refractivity contribution in [3.05, 3.63) is 36.5 Å². The largest absolute Gasteiger partial charge is 0.756 e. The number of unbranched alkanes of at least 4 members (excludes halogenated alkanes) is 12. The average Bonchev–Trinajstić information content (AvgIpc) is 3.01. The van der Waals surface area contributed by atoms with Crippen molar-refractivity contribution >= 4 is 19.8 Å². The van der Waals surface area contributed by atoms with Gasteiger partial charge in [0.15, 0.2) is 6.10 Å². The molecule has 10 heteroatoms. The predicted octanol–water partition coefficient (Wildman–Crippen LogP) is 8.77. The van der Waals surface area contributed by atoms with E-state index in [4.69, 9.17) is 18.5 Å². The summed E-state index contributed by atoms with van der Waals surface area (Å²) < 4.78 is 33.6. The fraction of sp³-hybridized carbons (Fsp3) is 0.784. The van der Waals surface area contributed by atoms with Crippen LogP contribution in [0, 0.1) is 0 Å². The van der Waals surface area contributed by atoms with Crippen LogP contribution in [0.4, 0.5) is 0 Å². The van der Waals surface area contributed by atoms with Crippen LogP contribution in [0.25, 0.3) is 0 Å². The molecule has 0 fully saturated rings. The van der Waals surface area contributed by atoms with Gasteiger partial charge in [0.25, 0.3) is 7.82 Å². The standard InChI is InChI=1S/C37H68NO8P/c1-6-8-10-12-14-16-17-18-19-20-21-22-24-26-28-30-37(40)46-35(34-45-47(41,42)44-32-31-38(3,4)5)33-43-36(39)29-27-25-23-15-13-11-9-7-2/h8,10,14,16,18-19,35H,6-7,9,11-13,15,17,20-34H2,1-5H3/b10-8-,16-14-,19-18-. The number of allylic oxidation sites excluding steroid dienone is 6. The van der Waals surface area contributed by atoms with E-state index in [1.165, 1.54) is 32.1 Å². The molecule has 0 saturated heterocycles. The minimum absolute atomic E-state index is 0.0346. The molecule has 0 amide bonds. The Morgan fingerprint density at radius 2 is 1.21 bits per heavy atom. The Balaban J connectivity index is 4.48. The molecule has 0 bridgehead atoms. The van der Waals surface area contributed by atoms with Gasteiger partial charge in [0.1, 0.15) is 19.8 Å². The summed E-state index contributed by atoms with van der Waals surface area (Å²) in [6.45, 7) is 4.03. The summed E-state index contributed by atoms with van der Waals surface area (Å²) >= 11 is 0. The number of esters is 2. The molecule has 0 rings (SSSR count). The molecule has 0 aromatic heterocycles. The highest BCUT2D eigenvalue weighted by molar-refractivity contribution is 7.45. The van der Waals surface area contributed by atoms with Crippen LogP contribution in [0.5, 0.6) is 0 Å². The molecular weight excluding hydrogens is 617 g/mol. The van der Waals surface area contributed by atoms with Gasteiger partial charge in [-0.05, 0) is 44.9 Å². The third-order valence-corrected chi connectivity index (χ3v) is 8.39. The van der Waals surface area contributed by atoms with Gasteiger partial charge in [-0.3, -0.25) is 14.2 Å². The van der Waals surface area contributed by atoms with E-state index in [1.54, 1.807) is 0 Å². The van der Waals surface area contributed by atoms with E-state index in [2.05, 4.69) is 50.3 Å². The highest BCUT2D eigenvalue weighted by Gasteiger charge is 2.21. The number of carbonyl (C=O) groups excluding carboxylic acids is 2. The lowest BCUT2D eigenvalue weighted by atomic mass is 10.1. The summed E-state index contributed by atoms with van der Waals surface area (Å²) in [4.78, 5) is 37.2. The molecule has 0 saturated carbocycles. The van der Waals surface area contributed by atoms with Crippen molar-refractivity contribution in [1.29, 1.82) is 0 Å². The number of phosphoric ester groups is 1. The van der Waals surface area contributed by atoms with Crippen molar-refractivity contribution in [1.82, 2.24) is 0 Å². The van der Waals surface area contributed by atoms with Gasteiger partial charge in [-0.25, -0.2) is 0 Å². The summed E-state index contributed by atoms with van der Waals surface area (Å²) in [5.41, 5.74) is 0. The molecule has 0 spiro atoms. The maximum Gasteiger partial charge on any atom is 0.306 e. The van der Waals surface area contributed by atoms with Crippen molar-refractivity contribution in [3.63, 3.8) is 0 Å². The molecule has 0 aromatic carbocycles. The summed E-state index contributed by atoms with van der Waals surface area (Å²) in [5.74, 6) is -0.863. The lowest BCUT2D eigenvalue weighted by Crippen LogP contribution is -2.37. The summed E-state index contributed by atoms with van der Waals surface area (Å²) in [5, 5.41) is 0. The number of phosphoric acid groups is 1. The minimum Gasteiger partial charge on any atom is -0.756 e. The molecule has 47 heavy (non-hydrogen) atoms. The van der Waals surface area contributed by atoms with Crippen molar-refractivity contribution in [2.24, 2.45) is 0 Å². The van der Waals surface area contributed by atoms with Crippen LogP contribution in [0.2, 0.25) is 0 Å². The van der Waals surface area contributed by atoms with Crippen LogP contribution < -0.4 is 4.89 Å². The molecule has 0 aliphatic heterocycles. The lowest BCUT2D eigenvalue weighted by molar-refractivity contribution is -0.870. The topological polar surface area (TPSA) is 111 Å². The van der Waals surface area contributed by atoms with E-state index in [0.717, 1.165) is 70.6 Å². The predicted molar refractivity (Wildman–Crippen MR) is 190 cm³/mol. The molecule has 0 N–H and O–H groups in total. The summed E-state index contributed by atoms with van der Waals surface area (Å²) in [7, 11) is 1.15. The second-order valence-corrected chi connectivity index (χ2v) is 14.6. The van der Waals surface area contributed by atoms with Crippen molar-refractivity contribution in [2.75, 3.05) is 47.5 Å². The molecule has 0 aromatic rings. The number of hydrogen-bond acceptors (Lipinski definition) is 8. The first-order valence-electron chi connectivity index (χ1n) is 18.2. The number of likely N-dealkylation sites (N-methyl/N-ethyl adjacent to an activating group) is 1. The van der Waals surface area contributed by atoms with Gasteiger partial charge in [-0.15, -0.1) is 0 Å². The van der Waals surface area contributed by atoms with Gasteiger partial charge < -0.3 is 27.9 Å². The fourth-order valence-corrected chi connectivity index (χ4v) is 5.28. The smallest absolute Gasteiger partial charge is 0.306 e. The Labute approximate surface area is 287 Å². The molecule has 0 heterocycles. The van der Waals surface area contributed by atoms with E-state index in [-0.39, 0.29) is 26.1 Å². The number of hydrogen-bond donors (Lipinski definition) is 0. The molecule has 0 aliphatic rings.